The molecule has 0 saturated carbocycles. The molecule has 2 aromatic heterocycles. The van der Waals surface area contributed by atoms with Crippen molar-refractivity contribution in [3.05, 3.63) is 40.2 Å². The van der Waals surface area contributed by atoms with Crippen molar-refractivity contribution in [2.45, 2.75) is 25.9 Å². The molecule has 5 heteroatoms. The number of carbonyl (C=O) groups excluding carboxylic acids is 1. The van der Waals surface area contributed by atoms with Gasteiger partial charge in [0.1, 0.15) is 0 Å². The molecule has 1 fully saturated rings. The molecule has 0 radical (unpaired) electrons. The van der Waals surface area contributed by atoms with Crippen molar-refractivity contribution in [1.29, 1.82) is 0 Å². The Morgan fingerprint density at radius 3 is 2.81 bits per heavy atom. The summed E-state index contributed by atoms with van der Waals surface area (Å²) in [6.45, 7) is 4.61. The van der Waals surface area contributed by atoms with Crippen LogP contribution in [0.15, 0.2) is 29.0 Å². The minimum atomic E-state index is -0.770. The van der Waals surface area contributed by atoms with E-state index < -0.39 is 5.60 Å². The van der Waals surface area contributed by atoms with E-state index in [1.54, 1.807) is 23.2 Å². The van der Waals surface area contributed by atoms with Crippen LogP contribution < -0.4 is 0 Å². The molecule has 0 bridgehead atoms. The Labute approximate surface area is 128 Å². The van der Waals surface area contributed by atoms with E-state index in [1.165, 1.54) is 0 Å². The van der Waals surface area contributed by atoms with Gasteiger partial charge in [0, 0.05) is 24.0 Å². The van der Waals surface area contributed by atoms with Gasteiger partial charge in [-0.3, -0.25) is 9.78 Å². The molecule has 1 aliphatic rings. The van der Waals surface area contributed by atoms with Crippen molar-refractivity contribution >= 4 is 17.2 Å². The predicted molar refractivity (Wildman–Crippen MR) is 83.4 cm³/mol. The number of thiophene rings is 1. The van der Waals surface area contributed by atoms with Crippen molar-refractivity contribution in [2.75, 3.05) is 13.1 Å². The topological polar surface area (TPSA) is 53.4 Å². The van der Waals surface area contributed by atoms with E-state index in [0.29, 0.717) is 25.1 Å². The zero-order valence-electron chi connectivity index (χ0n) is 12.2. The Hall–Kier alpha value is -1.72. The number of pyridine rings is 1. The van der Waals surface area contributed by atoms with E-state index in [-0.39, 0.29) is 5.91 Å². The van der Waals surface area contributed by atoms with Crippen LogP contribution in [0.5, 0.6) is 0 Å². The van der Waals surface area contributed by atoms with Gasteiger partial charge in [-0.1, -0.05) is 0 Å². The fourth-order valence-electron chi connectivity index (χ4n) is 2.65. The molecule has 21 heavy (non-hydrogen) atoms. The monoisotopic (exact) mass is 302 g/mol. The molecule has 2 aromatic rings. The lowest BCUT2D eigenvalue weighted by Crippen LogP contribution is -2.34. The Balaban J connectivity index is 1.85. The molecule has 3 heterocycles. The first-order chi connectivity index (χ1) is 9.96. The van der Waals surface area contributed by atoms with Crippen molar-refractivity contribution in [3.8, 4) is 11.3 Å². The summed E-state index contributed by atoms with van der Waals surface area (Å²) in [7, 11) is 0. The Kier molecular flexibility index (Phi) is 3.55. The quantitative estimate of drug-likeness (QED) is 0.928. The van der Waals surface area contributed by atoms with E-state index in [2.05, 4.69) is 4.98 Å². The third-order valence-electron chi connectivity index (χ3n) is 3.87. The first-order valence-corrected chi connectivity index (χ1v) is 7.92. The second-order valence-electron chi connectivity index (χ2n) is 5.82. The molecule has 3 rings (SSSR count). The summed E-state index contributed by atoms with van der Waals surface area (Å²) < 4.78 is 0. The van der Waals surface area contributed by atoms with Crippen LogP contribution in [0.2, 0.25) is 0 Å². The average Bonchev–Trinajstić information content (AvgIpc) is 3.07. The number of nitrogens with zero attached hydrogens (tertiary/aromatic N) is 2. The van der Waals surface area contributed by atoms with Gasteiger partial charge in [-0.2, -0.15) is 11.3 Å². The normalized spacial score (nSPS) is 21.8. The van der Waals surface area contributed by atoms with Gasteiger partial charge < -0.3 is 10.0 Å². The highest BCUT2D eigenvalue weighted by atomic mass is 32.1. The van der Waals surface area contributed by atoms with Crippen molar-refractivity contribution in [2.24, 2.45) is 0 Å². The summed E-state index contributed by atoms with van der Waals surface area (Å²) in [6.07, 6.45) is 0.623. The molecular weight excluding hydrogens is 284 g/mol. The van der Waals surface area contributed by atoms with E-state index in [0.717, 1.165) is 17.0 Å². The van der Waals surface area contributed by atoms with Gasteiger partial charge in [-0.05, 0) is 43.8 Å². The number of likely N-dealkylation sites (tertiary alicyclic amines) is 1. The molecular formula is C16H18N2O2S. The SMILES string of the molecule is Cc1nc(-c2ccsc2)ccc1C(=O)N1CCC(C)(O)C1. The van der Waals surface area contributed by atoms with Crippen LogP contribution in [0.25, 0.3) is 11.3 Å². The Morgan fingerprint density at radius 2 is 2.24 bits per heavy atom. The second kappa shape index (κ2) is 5.24. The summed E-state index contributed by atoms with van der Waals surface area (Å²) in [5, 5.41) is 14.0. The highest BCUT2D eigenvalue weighted by Crippen LogP contribution is 2.25. The molecule has 0 aromatic carbocycles. The van der Waals surface area contributed by atoms with E-state index in [1.807, 2.05) is 35.9 Å². The van der Waals surface area contributed by atoms with Gasteiger partial charge >= 0.3 is 0 Å². The summed E-state index contributed by atoms with van der Waals surface area (Å²) in [5.74, 6) is -0.0466. The average molecular weight is 302 g/mol. The molecule has 1 aliphatic heterocycles. The first-order valence-electron chi connectivity index (χ1n) is 6.98. The van der Waals surface area contributed by atoms with Crippen LogP contribution in [0.3, 0.4) is 0 Å². The fraction of sp³-hybridized carbons (Fsp3) is 0.375. The summed E-state index contributed by atoms with van der Waals surface area (Å²) >= 11 is 1.63. The lowest BCUT2D eigenvalue weighted by atomic mass is 10.1. The van der Waals surface area contributed by atoms with Gasteiger partial charge in [-0.25, -0.2) is 0 Å². The number of hydrogen-bond donors (Lipinski definition) is 1. The maximum atomic E-state index is 12.5. The van der Waals surface area contributed by atoms with Crippen molar-refractivity contribution < 1.29 is 9.90 Å². The largest absolute Gasteiger partial charge is 0.388 e. The molecule has 1 saturated heterocycles. The number of rotatable bonds is 2. The van der Waals surface area contributed by atoms with Crippen LogP contribution >= 0.6 is 11.3 Å². The van der Waals surface area contributed by atoms with Gasteiger partial charge in [-0.15, -0.1) is 0 Å². The zero-order chi connectivity index (χ0) is 15.0. The second-order valence-corrected chi connectivity index (χ2v) is 6.60. The maximum absolute atomic E-state index is 12.5. The number of carbonyl (C=O) groups is 1. The highest BCUT2D eigenvalue weighted by Gasteiger charge is 2.34. The molecule has 110 valence electrons. The standard InChI is InChI=1S/C16H18N2O2S/c1-11-13(15(19)18-7-6-16(2,20)10-18)3-4-14(17-11)12-5-8-21-9-12/h3-5,8-9,20H,6-7,10H2,1-2H3. The zero-order valence-corrected chi connectivity index (χ0v) is 13.0. The molecule has 1 unspecified atom stereocenters. The van der Waals surface area contributed by atoms with Gasteiger partial charge in [0.2, 0.25) is 0 Å². The van der Waals surface area contributed by atoms with E-state index in [9.17, 15) is 9.90 Å². The van der Waals surface area contributed by atoms with Gasteiger partial charge in [0.05, 0.1) is 22.6 Å². The third-order valence-corrected chi connectivity index (χ3v) is 4.56. The van der Waals surface area contributed by atoms with Crippen LogP contribution in [0.1, 0.15) is 29.4 Å². The molecule has 4 nitrogen and oxygen atoms in total. The minimum absolute atomic E-state index is 0.0466. The van der Waals surface area contributed by atoms with Crippen molar-refractivity contribution in [1.82, 2.24) is 9.88 Å². The van der Waals surface area contributed by atoms with Crippen LogP contribution in [0.4, 0.5) is 0 Å². The first kappa shape index (κ1) is 14.2. The van der Waals surface area contributed by atoms with Gasteiger partial charge in [0.15, 0.2) is 0 Å². The van der Waals surface area contributed by atoms with Crippen LogP contribution in [-0.4, -0.2) is 39.6 Å². The number of amides is 1. The lowest BCUT2D eigenvalue weighted by Gasteiger charge is -2.19. The molecule has 0 spiro atoms. The highest BCUT2D eigenvalue weighted by molar-refractivity contribution is 7.08. The molecule has 1 amide bonds. The minimum Gasteiger partial charge on any atom is -0.388 e. The molecule has 1 atom stereocenters. The number of β-amino-alcohol motifs (C(OH)–C–C–N with tert-alkyl or cyclic N) is 1. The predicted octanol–water partition coefficient (Wildman–Crippen LogP) is 2.72. The Bertz CT molecular complexity index is 665. The fourth-order valence-corrected chi connectivity index (χ4v) is 3.30. The lowest BCUT2D eigenvalue weighted by molar-refractivity contribution is 0.0571. The Morgan fingerprint density at radius 1 is 1.43 bits per heavy atom. The van der Waals surface area contributed by atoms with E-state index in [4.69, 9.17) is 0 Å². The van der Waals surface area contributed by atoms with Crippen LogP contribution in [0, 0.1) is 6.92 Å². The smallest absolute Gasteiger partial charge is 0.255 e. The number of aromatic nitrogens is 1. The third kappa shape index (κ3) is 2.84. The number of aryl methyl sites for hydroxylation is 1. The molecule has 1 N–H and O–H groups in total. The van der Waals surface area contributed by atoms with Gasteiger partial charge in [0.25, 0.3) is 5.91 Å². The van der Waals surface area contributed by atoms with E-state index >= 15 is 0 Å². The summed E-state index contributed by atoms with van der Waals surface area (Å²) in [4.78, 5) is 18.8. The van der Waals surface area contributed by atoms with Crippen molar-refractivity contribution in [3.63, 3.8) is 0 Å². The molecule has 0 aliphatic carbocycles. The summed E-state index contributed by atoms with van der Waals surface area (Å²) in [5.41, 5.74) is 2.54. The van der Waals surface area contributed by atoms with Crippen LogP contribution in [-0.2, 0) is 0 Å². The summed E-state index contributed by atoms with van der Waals surface area (Å²) in [6, 6.07) is 5.74. The number of aliphatic hydroxyl groups is 1. The maximum Gasteiger partial charge on any atom is 0.255 e. The number of hydrogen-bond acceptors (Lipinski definition) is 4.